The van der Waals surface area contributed by atoms with Gasteiger partial charge in [-0.3, -0.25) is 4.90 Å². The maximum absolute atomic E-state index is 13.1. The Morgan fingerprint density at radius 1 is 1.07 bits per heavy atom. The third kappa shape index (κ3) is 4.33. The highest BCUT2D eigenvalue weighted by atomic mass is 16.6. The summed E-state index contributed by atoms with van der Waals surface area (Å²) in [7, 11) is 0. The Hall–Kier alpha value is -2.33. The summed E-state index contributed by atoms with van der Waals surface area (Å²) in [5.41, 5.74) is 2.20. The van der Waals surface area contributed by atoms with Gasteiger partial charge in [0.25, 0.3) is 0 Å². The standard InChI is InChI=1S/C23H29NO3/c1-17-11-13-19(14-12-17)20(15-18-9-7-6-8-10-18)27-21(25)24-22(2,3)16-26-23(24,4)5/h6-14,20H,15-16H2,1-5H3/t20-/m1/s1. The second-order valence-corrected chi connectivity index (χ2v) is 8.36. The molecule has 27 heavy (non-hydrogen) atoms. The Balaban J connectivity index is 1.86. The van der Waals surface area contributed by atoms with E-state index in [0.717, 1.165) is 11.1 Å². The Morgan fingerprint density at radius 2 is 1.70 bits per heavy atom. The average Bonchev–Trinajstić information content (AvgIpc) is 2.83. The van der Waals surface area contributed by atoms with E-state index in [1.807, 2.05) is 70.2 Å². The molecule has 0 bridgehead atoms. The molecule has 0 saturated carbocycles. The predicted octanol–water partition coefficient (Wildman–Crippen LogP) is 5.26. The molecule has 1 fully saturated rings. The van der Waals surface area contributed by atoms with Crippen LogP contribution in [-0.4, -0.2) is 28.9 Å². The molecule has 4 heteroatoms. The van der Waals surface area contributed by atoms with Crippen LogP contribution in [0.2, 0.25) is 0 Å². The minimum absolute atomic E-state index is 0.344. The maximum atomic E-state index is 13.1. The zero-order valence-electron chi connectivity index (χ0n) is 16.9. The molecule has 1 saturated heterocycles. The summed E-state index contributed by atoms with van der Waals surface area (Å²) in [5.74, 6) is 0. The molecule has 0 spiro atoms. The van der Waals surface area contributed by atoms with Crippen LogP contribution in [-0.2, 0) is 15.9 Å². The molecule has 2 aromatic carbocycles. The molecule has 1 heterocycles. The van der Waals surface area contributed by atoms with Crippen LogP contribution in [0.15, 0.2) is 54.6 Å². The summed E-state index contributed by atoms with van der Waals surface area (Å²) in [5, 5.41) is 0. The van der Waals surface area contributed by atoms with Gasteiger partial charge in [0.1, 0.15) is 11.8 Å². The fraction of sp³-hybridized carbons (Fsp3) is 0.435. The van der Waals surface area contributed by atoms with Gasteiger partial charge in [-0.25, -0.2) is 4.79 Å². The number of aryl methyl sites for hydroxylation is 1. The third-order valence-corrected chi connectivity index (χ3v) is 5.06. The van der Waals surface area contributed by atoms with E-state index in [4.69, 9.17) is 9.47 Å². The van der Waals surface area contributed by atoms with E-state index in [1.165, 1.54) is 5.56 Å². The molecule has 0 aromatic heterocycles. The van der Waals surface area contributed by atoms with Crippen molar-refractivity contribution in [2.45, 2.75) is 58.4 Å². The zero-order valence-corrected chi connectivity index (χ0v) is 16.9. The van der Waals surface area contributed by atoms with Crippen molar-refractivity contribution in [3.8, 4) is 0 Å². The van der Waals surface area contributed by atoms with Crippen molar-refractivity contribution in [1.82, 2.24) is 4.90 Å². The molecule has 0 N–H and O–H groups in total. The van der Waals surface area contributed by atoms with Crippen molar-refractivity contribution in [3.63, 3.8) is 0 Å². The second-order valence-electron chi connectivity index (χ2n) is 8.36. The smallest absolute Gasteiger partial charge is 0.413 e. The number of ether oxygens (including phenoxy) is 2. The molecule has 0 radical (unpaired) electrons. The fourth-order valence-corrected chi connectivity index (χ4v) is 3.69. The van der Waals surface area contributed by atoms with Crippen LogP contribution in [0.25, 0.3) is 0 Å². The van der Waals surface area contributed by atoms with E-state index < -0.39 is 11.3 Å². The number of carbonyl (C=O) groups excluding carboxylic acids is 1. The molecule has 144 valence electrons. The monoisotopic (exact) mass is 367 g/mol. The van der Waals surface area contributed by atoms with Gasteiger partial charge in [-0.05, 0) is 45.7 Å². The van der Waals surface area contributed by atoms with Crippen LogP contribution < -0.4 is 0 Å². The molecule has 1 aliphatic heterocycles. The zero-order chi connectivity index (χ0) is 19.7. The van der Waals surface area contributed by atoms with Crippen LogP contribution in [0.3, 0.4) is 0 Å². The minimum atomic E-state index is -0.689. The number of hydrogen-bond acceptors (Lipinski definition) is 3. The highest BCUT2D eigenvalue weighted by Crippen LogP contribution is 2.36. The number of amides is 1. The van der Waals surface area contributed by atoms with E-state index in [1.54, 1.807) is 4.90 Å². The van der Waals surface area contributed by atoms with Gasteiger partial charge in [-0.1, -0.05) is 60.2 Å². The Labute approximate surface area is 162 Å². The first kappa shape index (κ1) is 19.4. The second kappa shape index (κ2) is 7.35. The molecule has 3 rings (SSSR count). The molecule has 1 atom stereocenters. The number of benzene rings is 2. The highest BCUT2D eigenvalue weighted by Gasteiger charge is 2.50. The first-order valence-corrected chi connectivity index (χ1v) is 9.44. The first-order valence-electron chi connectivity index (χ1n) is 9.44. The third-order valence-electron chi connectivity index (χ3n) is 5.06. The lowest BCUT2D eigenvalue weighted by atomic mass is 10.00. The highest BCUT2D eigenvalue weighted by molar-refractivity contribution is 5.70. The van der Waals surface area contributed by atoms with E-state index in [0.29, 0.717) is 13.0 Å². The minimum Gasteiger partial charge on any atom is -0.441 e. The van der Waals surface area contributed by atoms with Crippen molar-refractivity contribution >= 4 is 6.09 Å². The van der Waals surface area contributed by atoms with Gasteiger partial charge < -0.3 is 9.47 Å². The van der Waals surface area contributed by atoms with Gasteiger partial charge >= 0.3 is 6.09 Å². The quantitative estimate of drug-likeness (QED) is 0.740. The van der Waals surface area contributed by atoms with Gasteiger partial charge in [0.15, 0.2) is 0 Å². The molecule has 0 unspecified atom stereocenters. The molecular formula is C23H29NO3. The van der Waals surface area contributed by atoms with Crippen LogP contribution in [0.4, 0.5) is 4.79 Å². The van der Waals surface area contributed by atoms with Crippen LogP contribution >= 0.6 is 0 Å². The average molecular weight is 367 g/mol. The van der Waals surface area contributed by atoms with Crippen molar-refractivity contribution in [2.24, 2.45) is 0 Å². The van der Waals surface area contributed by atoms with Crippen molar-refractivity contribution < 1.29 is 14.3 Å². The molecule has 1 aliphatic rings. The van der Waals surface area contributed by atoms with Crippen molar-refractivity contribution in [1.29, 1.82) is 0 Å². The molecular weight excluding hydrogens is 338 g/mol. The lowest BCUT2D eigenvalue weighted by Crippen LogP contribution is -2.53. The Morgan fingerprint density at radius 3 is 2.26 bits per heavy atom. The summed E-state index contributed by atoms with van der Waals surface area (Å²) < 4.78 is 11.9. The van der Waals surface area contributed by atoms with Crippen molar-refractivity contribution in [3.05, 3.63) is 71.3 Å². The molecule has 4 nitrogen and oxygen atoms in total. The van der Waals surface area contributed by atoms with Gasteiger partial charge in [-0.15, -0.1) is 0 Å². The Kier molecular flexibility index (Phi) is 5.29. The molecule has 1 amide bonds. The predicted molar refractivity (Wildman–Crippen MR) is 106 cm³/mol. The molecule has 2 aromatic rings. The first-order chi connectivity index (χ1) is 12.7. The largest absolute Gasteiger partial charge is 0.441 e. The Bertz CT molecular complexity index is 765. The van der Waals surface area contributed by atoms with E-state index in [9.17, 15) is 4.79 Å². The summed E-state index contributed by atoms with van der Waals surface area (Å²) in [4.78, 5) is 14.9. The SMILES string of the molecule is Cc1ccc([C@@H](Cc2ccccc2)OC(=O)N2C(C)(C)COC2(C)C)cc1. The van der Waals surface area contributed by atoms with Crippen molar-refractivity contribution in [2.75, 3.05) is 6.61 Å². The van der Waals surface area contributed by atoms with E-state index in [2.05, 4.69) is 19.1 Å². The number of nitrogens with zero attached hydrogens (tertiary/aromatic N) is 1. The van der Waals surface area contributed by atoms with Crippen LogP contribution in [0, 0.1) is 6.92 Å². The number of carbonyl (C=O) groups is 1. The normalized spacial score (nSPS) is 18.9. The summed E-state index contributed by atoms with van der Waals surface area (Å²) in [6.07, 6.45) is -0.0673. The summed E-state index contributed by atoms with van der Waals surface area (Å²) in [6.45, 7) is 10.3. The van der Waals surface area contributed by atoms with Crippen LogP contribution in [0.1, 0.15) is 50.5 Å². The summed E-state index contributed by atoms with van der Waals surface area (Å²) >= 11 is 0. The summed E-state index contributed by atoms with van der Waals surface area (Å²) in [6, 6.07) is 18.3. The van der Waals surface area contributed by atoms with Gasteiger partial charge in [0.05, 0.1) is 12.1 Å². The topological polar surface area (TPSA) is 38.8 Å². The van der Waals surface area contributed by atoms with E-state index >= 15 is 0 Å². The number of hydrogen-bond donors (Lipinski definition) is 0. The van der Waals surface area contributed by atoms with Gasteiger partial charge in [0, 0.05) is 6.42 Å². The number of rotatable bonds is 4. The lowest BCUT2D eigenvalue weighted by Gasteiger charge is -2.37. The van der Waals surface area contributed by atoms with Crippen LogP contribution in [0.5, 0.6) is 0 Å². The maximum Gasteiger partial charge on any atom is 0.413 e. The lowest BCUT2D eigenvalue weighted by molar-refractivity contribution is -0.0587. The van der Waals surface area contributed by atoms with Gasteiger partial charge in [-0.2, -0.15) is 0 Å². The fourth-order valence-electron chi connectivity index (χ4n) is 3.69. The van der Waals surface area contributed by atoms with Gasteiger partial charge in [0.2, 0.25) is 0 Å². The molecule has 0 aliphatic carbocycles. The van der Waals surface area contributed by atoms with E-state index in [-0.39, 0.29) is 12.2 Å².